The SMILES string of the molecule is COC1CCN(C(=O)c2cccc(C#CCCO)c2)C1. The van der Waals surface area contributed by atoms with Crippen LogP contribution in [0.15, 0.2) is 24.3 Å². The summed E-state index contributed by atoms with van der Waals surface area (Å²) in [5.74, 6) is 5.83. The number of hydrogen-bond acceptors (Lipinski definition) is 3. The molecule has 0 saturated carbocycles. The lowest BCUT2D eigenvalue weighted by Crippen LogP contribution is -2.29. The summed E-state index contributed by atoms with van der Waals surface area (Å²) in [5.41, 5.74) is 1.45. The summed E-state index contributed by atoms with van der Waals surface area (Å²) < 4.78 is 5.28. The zero-order valence-electron chi connectivity index (χ0n) is 11.6. The van der Waals surface area contributed by atoms with Crippen LogP contribution in [0.2, 0.25) is 0 Å². The summed E-state index contributed by atoms with van der Waals surface area (Å²) in [5, 5.41) is 8.70. The van der Waals surface area contributed by atoms with Crippen molar-refractivity contribution >= 4 is 5.91 Å². The van der Waals surface area contributed by atoms with Crippen LogP contribution < -0.4 is 0 Å². The third-order valence-electron chi connectivity index (χ3n) is 3.34. The minimum Gasteiger partial charge on any atom is -0.395 e. The van der Waals surface area contributed by atoms with Gasteiger partial charge in [0, 0.05) is 37.7 Å². The van der Waals surface area contributed by atoms with E-state index in [1.807, 2.05) is 17.0 Å². The van der Waals surface area contributed by atoms with Crippen LogP contribution in [0.4, 0.5) is 0 Å². The van der Waals surface area contributed by atoms with Crippen molar-refractivity contribution < 1.29 is 14.6 Å². The third-order valence-corrected chi connectivity index (χ3v) is 3.34. The first-order valence-corrected chi connectivity index (χ1v) is 6.76. The molecule has 106 valence electrons. The summed E-state index contributed by atoms with van der Waals surface area (Å²) in [6.07, 6.45) is 1.48. The summed E-state index contributed by atoms with van der Waals surface area (Å²) in [7, 11) is 1.68. The van der Waals surface area contributed by atoms with Crippen molar-refractivity contribution in [1.29, 1.82) is 0 Å². The number of likely N-dealkylation sites (tertiary alicyclic amines) is 1. The van der Waals surface area contributed by atoms with Gasteiger partial charge in [-0.15, -0.1) is 0 Å². The lowest BCUT2D eigenvalue weighted by Gasteiger charge is -2.16. The fourth-order valence-corrected chi connectivity index (χ4v) is 2.24. The first-order chi connectivity index (χ1) is 9.74. The van der Waals surface area contributed by atoms with Gasteiger partial charge in [-0.25, -0.2) is 0 Å². The second kappa shape index (κ2) is 7.09. The molecule has 0 spiro atoms. The van der Waals surface area contributed by atoms with Gasteiger partial charge >= 0.3 is 0 Å². The standard InChI is InChI=1S/C16H19NO3/c1-20-15-8-9-17(12-15)16(19)14-7-4-6-13(11-14)5-2-3-10-18/h4,6-7,11,15,18H,3,8-10,12H2,1H3. The van der Waals surface area contributed by atoms with E-state index in [2.05, 4.69) is 11.8 Å². The molecule has 1 aliphatic rings. The van der Waals surface area contributed by atoms with Crippen LogP contribution in [0.1, 0.15) is 28.8 Å². The zero-order chi connectivity index (χ0) is 14.4. The molecular formula is C16H19NO3. The number of methoxy groups -OCH3 is 1. The highest BCUT2D eigenvalue weighted by atomic mass is 16.5. The van der Waals surface area contributed by atoms with Crippen molar-refractivity contribution in [1.82, 2.24) is 4.90 Å². The van der Waals surface area contributed by atoms with E-state index in [1.54, 1.807) is 19.2 Å². The Bertz CT molecular complexity index is 530. The lowest BCUT2D eigenvalue weighted by molar-refractivity contribution is 0.0724. The predicted molar refractivity (Wildman–Crippen MR) is 76.3 cm³/mol. The number of aliphatic hydroxyl groups is 1. The van der Waals surface area contributed by atoms with Gasteiger partial charge in [-0.1, -0.05) is 17.9 Å². The van der Waals surface area contributed by atoms with Gasteiger partial charge in [-0.3, -0.25) is 4.79 Å². The quantitative estimate of drug-likeness (QED) is 0.844. The maximum absolute atomic E-state index is 12.4. The first kappa shape index (κ1) is 14.6. The van der Waals surface area contributed by atoms with Crippen LogP contribution in [0.5, 0.6) is 0 Å². The van der Waals surface area contributed by atoms with Crippen molar-refractivity contribution in [3.05, 3.63) is 35.4 Å². The molecule has 1 amide bonds. The second-order valence-electron chi connectivity index (χ2n) is 4.75. The third kappa shape index (κ3) is 3.60. The van der Waals surface area contributed by atoms with Crippen LogP contribution in [-0.4, -0.2) is 48.8 Å². The molecule has 4 heteroatoms. The van der Waals surface area contributed by atoms with Gasteiger partial charge in [0.15, 0.2) is 0 Å². The molecule has 1 fully saturated rings. The van der Waals surface area contributed by atoms with Gasteiger partial charge in [-0.2, -0.15) is 0 Å². The van der Waals surface area contributed by atoms with Gasteiger partial charge < -0.3 is 14.7 Å². The second-order valence-corrected chi connectivity index (χ2v) is 4.75. The molecule has 1 heterocycles. The largest absolute Gasteiger partial charge is 0.395 e. The highest BCUT2D eigenvalue weighted by Gasteiger charge is 2.26. The topological polar surface area (TPSA) is 49.8 Å². The Morgan fingerprint density at radius 2 is 2.40 bits per heavy atom. The fraction of sp³-hybridized carbons (Fsp3) is 0.438. The van der Waals surface area contributed by atoms with Crippen molar-refractivity contribution in [3.63, 3.8) is 0 Å². The smallest absolute Gasteiger partial charge is 0.253 e. The Morgan fingerprint density at radius 3 is 3.10 bits per heavy atom. The molecule has 1 aromatic carbocycles. The summed E-state index contributed by atoms with van der Waals surface area (Å²) in [6.45, 7) is 1.44. The average molecular weight is 273 g/mol. The molecule has 1 N–H and O–H groups in total. The van der Waals surface area contributed by atoms with Crippen molar-refractivity contribution in [2.75, 3.05) is 26.8 Å². The lowest BCUT2D eigenvalue weighted by atomic mass is 10.1. The molecule has 1 saturated heterocycles. The number of hydrogen-bond donors (Lipinski definition) is 1. The monoisotopic (exact) mass is 273 g/mol. The summed E-state index contributed by atoms with van der Waals surface area (Å²) in [4.78, 5) is 14.2. The van der Waals surface area contributed by atoms with Crippen LogP contribution in [0, 0.1) is 11.8 Å². The number of carbonyl (C=O) groups is 1. The van der Waals surface area contributed by atoms with E-state index in [0.717, 1.165) is 18.5 Å². The summed E-state index contributed by atoms with van der Waals surface area (Å²) in [6, 6.07) is 7.30. The van der Waals surface area contributed by atoms with Gasteiger partial charge in [0.1, 0.15) is 0 Å². The summed E-state index contributed by atoms with van der Waals surface area (Å²) >= 11 is 0. The highest BCUT2D eigenvalue weighted by Crippen LogP contribution is 2.16. The fourth-order valence-electron chi connectivity index (χ4n) is 2.24. The number of rotatable bonds is 3. The van der Waals surface area contributed by atoms with Gasteiger partial charge in [-0.05, 0) is 24.6 Å². The van der Waals surface area contributed by atoms with Gasteiger partial charge in [0.05, 0.1) is 12.7 Å². The number of nitrogens with zero attached hydrogens (tertiary/aromatic N) is 1. The van der Waals surface area contributed by atoms with Crippen molar-refractivity contribution in [2.24, 2.45) is 0 Å². The Hall–Kier alpha value is -1.83. The van der Waals surface area contributed by atoms with Crippen molar-refractivity contribution in [2.45, 2.75) is 18.9 Å². The molecule has 0 aliphatic carbocycles. The molecule has 4 nitrogen and oxygen atoms in total. The van der Waals surface area contributed by atoms with E-state index in [-0.39, 0.29) is 18.6 Å². The minimum absolute atomic E-state index is 0.0235. The van der Waals surface area contributed by atoms with E-state index in [9.17, 15) is 4.79 Å². The molecule has 1 unspecified atom stereocenters. The maximum Gasteiger partial charge on any atom is 0.253 e. The highest BCUT2D eigenvalue weighted by molar-refractivity contribution is 5.94. The van der Waals surface area contributed by atoms with E-state index < -0.39 is 0 Å². The first-order valence-electron chi connectivity index (χ1n) is 6.76. The van der Waals surface area contributed by atoms with Crippen LogP contribution in [0.25, 0.3) is 0 Å². The van der Waals surface area contributed by atoms with E-state index >= 15 is 0 Å². The number of carbonyl (C=O) groups excluding carboxylic acids is 1. The van der Waals surface area contributed by atoms with Crippen molar-refractivity contribution in [3.8, 4) is 11.8 Å². The molecule has 1 aromatic rings. The van der Waals surface area contributed by atoms with E-state index in [4.69, 9.17) is 9.84 Å². The normalized spacial score (nSPS) is 17.7. The van der Waals surface area contributed by atoms with E-state index in [0.29, 0.717) is 18.5 Å². The molecule has 0 aromatic heterocycles. The Kier molecular flexibility index (Phi) is 5.16. The van der Waals surface area contributed by atoms with Gasteiger partial charge in [0.2, 0.25) is 0 Å². The maximum atomic E-state index is 12.4. The molecule has 0 radical (unpaired) electrons. The molecular weight excluding hydrogens is 254 g/mol. The molecule has 1 atom stereocenters. The Balaban J connectivity index is 2.07. The zero-order valence-corrected chi connectivity index (χ0v) is 11.6. The van der Waals surface area contributed by atoms with Crippen LogP contribution in [-0.2, 0) is 4.74 Å². The number of aliphatic hydroxyl groups excluding tert-OH is 1. The van der Waals surface area contributed by atoms with Gasteiger partial charge in [0.25, 0.3) is 5.91 Å². The van der Waals surface area contributed by atoms with Crippen LogP contribution in [0.3, 0.4) is 0 Å². The number of ether oxygens (including phenoxy) is 1. The Labute approximate surface area is 119 Å². The molecule has 20 heavy (non-hydrogen) atoms. The van der Waals surface area contributed by atoms with Crippen LogP contribution >= 0.6 is 0 Å². The predicted octanol–water partition coefficient (Wildman–Crippen LogP) is 1.28. The Morgan fingerprint density at radius 1 is 1.55 bits per heavy atom. The molecule has 2 rings (SSSR count). The number of benzene rings is 1. The molecule has 1 aliphatic heterocycles. The minimum atomic E-state index is 0.0235. The average Bonchev–Trinajstić information content (AvgIpc) is 2.96. The molecule has 0 bridgehead atoms. The number of amides is 1. The van der Waals surface area contributed by atoms with E-state index in [1.165, 1.54) is 0 Å².